The van der Waals surface area contributed by atoms with E-state index in [0.717, 1.165) is 6.07 Å². The van der Waals surface area contributed by atoms with Crippen LogP contribution >= 0.6 is 15.9 Å². The van der Waals surface area contributed by atoms with Crippen LogP contribution in [0.15, 0.2) is 39.7 Å². The van der Waals surface area contributed by atoms with Gasteiger partial charge in [0.25, 0.3) is 0 Å². The molecule has 0 spiro atoms. The summed E-state index contributed by atoms with van der Waals surface area (Å²) >= 11 is 3.13. The zero-order valence-electron chi connectivity index (χ0n) is 13.8. The molecule has 0 radical (unpaired) electrons. The Morgan fingerprint density at radius 1 is 1.04 bits per heavy atom. The van der Waals surface area contributed by atoms with E-state index in [9.17, 15) is 12.8 Å². The maximum atomic E-state index is 13.8. The summed E-state index contributed by atoms with van der Waals surface area (Å²) in [4.78, 5) is -0.436. The highest BCUT2D eigenvalue weighted by Gasteiger charge is 2.20. The van der Waals surface area contributed by atoms with Gasteiger partial charge in [0.1, 0.15) is 10.7 Å². The molecular formula is C16H17BrFNO5S. The van der Waals surface area contributed by atoms with Crippen molar-refractivity contribution < 1.29 is 27.0 Å². The molecule has 0 aromatic heterocycles. The molecule has 0 amide bonds. The van der Waals surface area contributed by atoms with Crippen molar-refractivity contribution in [2.45, 2.75) is 11.4 Å². The SMILES string of the molecule is COc1cc(CNS(=O)(=O)c2cc(Br)ccc2F)cc(OC)c1OC. The molecule has 6 nitrogen and oxygen atoms in total. The predicted octanol–water partition coefficient (Wildman–Crippen LogP) is 3.09. The molecular weight excluding hydrogens is 417 g/mol. The highest BCUT2D eigenvalue weighted by atomic mass is 79.9. The molecule has 0 saturated heterocycles. The van der Waals surface area contributed by atoms with E-state index in [1.165, 1.54) is 33.5 Å². The number of ether oxygens (including phenoxy) is 3. The Morgan fingerprint density at radius 2 is 1.64 bits per heavy atom. The third-order valence-electron chi connectivity index (χ3n) is 3.37. The number of hydrogen-bond acceptors (Lipinski definition) is 5. The lowest BCUT2D eigenvalue weighted by Crippen LogP contribution is -2.24. The number of nitrogens with one attached hydrogen (secondary N) is 1. The van der Waals surface area contributed by atoms with Gasteiger partial charge in [0.05, 0.1) is 21.3 Å². The minimum Gasteiger partial charge on any atom is -0.493 e. The van der Waals surface area contributed by atoms with E-state index in [0.29, 0.717) is 27.3 Å². The van der Waals surface area contributed by atoms with Crippen molar-refractivity contribution in [2.75, 3.05) is 21.3 Å². The van der Waals surface area contributed by atoms with Gasteiger partial charge < -0.3 is 14.2 Å². The third kappa shape index (κ3) is 4.42. The lowest BCUT2D eigenvalue weighted by molar-refractivity contribution is 0.323. The normalized spacial score (nSPS) is 11.2. The second-order valence-corrected chi connectivity index (χ2v) is 7.58. The minimum absolute atomic E-state index is 0.0784. The fourth-order valence-electron chi connectivity index (χ4n) is 2.18. The van der Waals surface area contributed by atoms with Gasteiger partial charge in [0, 0.05) is 11.0 Å². The largest absolute Gasteiger partial charge is 0.493 e. The van der Waals surface area contributed by atoms with Crippen LogP contribution in [0.25, 0.3) is 0 Å². The van der Waals surface area contributed by atoms with Gasteiger partial charge in [-0.25, -0.2) is 17.5 Å². The molecule has 2 aromatic rings. The van der Waals surface area contributed by atoms with Crippen LogP contribution in [-0.2, 0) is 16.6 Å². The van der Waals surface area contributed by atoms with Gasteiger partial charge in [-0.3, -0.25) is 0 Å². The second-order valence-electron chi connectivity index (χ2n) is 4.93. The molecule has 0 unspecified atom stereocenters. The molecule has 0 aliphatic heterocycles. The monoisotopic (exact) mass is 433 g/mol. The molecule has 0 aliphatic carbocycles. The Hall–Kier alpha value is -1.84. The summed E-state index contributed by atoms with van der Waals surface area (Å²) in [5, 5.41) is 0. The van der Waals surface area contributed by atoms with E-state index in [1.54, 1.807) is 12.1 Å². The maximum Gasteiger partial charge on any atom is 0.243 e. The lowest BCUT2D eigenvalue weighted by Gasteiger charge is -2.14. The number of benzene rings is 2. The van der Waals surface area contributed by atoms with Crippen molar-refractivity contribution in [2.24, 2.45) is 0 Å². The average Bonchev–Trinajstić information content (AvgIpc) is 2.60. The van der Waals surface area contributed by atoms with E-state index in [4.69, 9.17) is 14.2 Å². The van der Waals surface area contributed by atoms with Crippen molar-refractivity contribution in [3.05, 3.63) is 46.2 Å². The third-order valence-corrected chi connectivity index (χ3v) is 5.28. The standard InChI is InChI=1S/C16H17BrFNO5S/c1-22-13-6-10(7-14(23-2)16(13)24-3)9-19-25(20,21)15-8-11(17)4-5-12(15)18/h4-8,19H,9H2,1-3H3. The molecule has 0 bridgehead atoms. The van der Waals surface area contributed by atoms with Crippen LogP contribution in [0.3, 0.4) is 0 Å². The van der Waals surface area contributed by atoms with Gasteiger partial charge in [-0.2, -0.15) is 0 Å². The summed E-state index contributed by atoms with van der Waals surface area (Å²) in [7, 11) is 0.358. The van der Waals surface area contributed by atoms with Gasteiger partial charge >= 0.3 is 0 Å². The Morgan fingerprint density at radius 3 is 2.16 bits per heavy atom. The van der Waals surface area contributed by atoms with Crippen LogP contribution in [0.1, 0.15) is 5.56 Å². The van der Waals surface area contributed by atoms with Gasteiger partial charge in [-0.1, -0.05) is 15.9 Å². The number of halogens is 2. The fourth-order valence-corrected chi connectivity index (χ4v) is 3.81. The molecule has 2 aromatic carbocycles. The van der Waals surface area contributed by atoms with E-state index in [2.05, 4.69) is 20.7 Å². The zero-order valence-corrected chi connectivity index (χ0v) is 16.2. The smallest absolute Gasteiger partial charge is 0.243 e. The van der Waals surface area contributed by atoms with Crippen molar-refractivity contribution in [1.29, 1.82) is 0 Å². The summed E-state index contributed by atoms with van der Waals surface area (Å²) in [6.07, 6.45) is 0. The summed E-state index contributed by atoms with van der Waals surface area (Å²) in [6, 6.07) is 6.93. The fraction of sp³-hybridized carbons (Fsp3) is 0.250. The Bertz CT molecular complexity index is 848. The highest BCUT2D eigenvalue weighted by molar-refractivity contribution is 9.10. The second kappa shape index (κ2) is 8.03. The summed E-state index contributed by atoms with van der Waals surface area (Å²) in [5.74, 6) is 0.351. The van der Waals surface area contributed by atoms with Crippen molar-refractivity contribution in [3.8, 4) is 17.2 Å². The molecule has 2 rings (SSSR count). The molecule has 9 heteroatoms. The first kappa shape index (κ1) is 19.5. The van der Waals surface area contributed by atoms with E-state index < -0.39 is 20.7 Å². The van der Waals surface area contributed by atoms with Crippen molar-refractivity contribution >= 4 is 26.0 Å². The number of rotatable bonds is 7. The first-order valence-corrected chi connectivity index (χ1v) is 9.33. The lowest BCUT2D eigenvalue weighted by atomic mass is 10.2. The van der Waals surface area contributed by atoms with E-state index >= 15 is 0 Å². The quantitative estimate of drug-likeness (QED) is 0.725. The summed E-state index contributed by atoms with van der Waals surface area (Å²) in [6.45, 7) is -0.0784. The zero-order chi connectivity index (χ0) is 18.6. The Kier molecular flexibility index (Phi) is 6.26. The number of hydrogen-bond donors (Lipinski definition) is 1. The van der Waals surface area contributed by atoms with Crippen LogP contribution in [-0.4, -0.2) is 29.7 Å². The molecule has 1 N–H and O–H groups in total. The van der Waals surface area contributed by atoms with Crippen molar-refractivity contribution in [3.63, 3.8) is 0 Å². The first-order valence-electron chi connectivity index (χ1n) is 7.06. The molecule has 0 fully saturated rings. The van der Waals surface area contributed by atoms with Gasteiger partial charge in [0.2, 0.25) is 15.8 Å². The Labute approximate surface area is 154 Å². The van der Waals surface area contributed by atoms with Crippen LogP contribution in [0.4, 0.5) is 4.39 Å². The van der Waals surface area contributed by atoms with Crippen LogP contribution in [0.2, 0.25) is 0 Å². The topological polar surface area (TPSA) is 73.9 Å². The molecule has 0 atom stereocenters. The molecule has 0 heterocycles. The highest BCUT2D eigenvalue weighted by Crippen LogP contribution is 2.38. The van der Waals surface area contributed by atoms with Crippen molar-refractivity contribution in [1.82, 2.24) is 4.72 Å². The van der Waals surface area contributed by atoms with Crippen LogP contribution in [0, 0.1) is 5.82 Å². The van der Waals surface area contributed by atoms with E-state index in [-0.39, 0.29) is 6.54 Å². The molecule has 25 heavy (non-hydrogen) atoms. The number of methoxy groups -OCH3 is 3. The minimum atomic E-state index is -4.03. The maximum absolute atomic E-state index is 13.8. The average molecular weight is 434 g/mol. The Balaban J connectivity index is 2.30. The molecule has 0 saturated carbocycles. The van der Waals surface area contributed by atoms with E-state index in [1.807, 2.05) is 0 Å². The summed E-state index contributed by atoms with van der Waals surface area (Å²) < 4.78 is 57.0. The van der Waals surface area contributed by atoms with Crippen LogP contribution < -0.4 is 18.9 Å². The number of sulfonamides is 1. The van der Waals surface area contributed by atoms with Gasteiger partial charge in [-0.05, 0) is 35.9 Å². The van der Waals surface area contributed by atoms with Gasteiger partial charge in [-0.15, -0.1) is 0 Å². The predicted molar refractivity (Wildman–Crippen MR) is 94.2 cm³/mol. The summed E-state index contributed by atoms with van der Waals surface area (Å²) in [5.41, 5.74) is 0.563. The molecule has 136 valence electrons. The van der Waals surface area contributed by atoms with Gasteiger partial charge in [0.15, 0.2) is 11.5 Å². The molecule has 0 aliphatic rings. The first-order chi connectivity index (χ1) is 11.8. The van der Waals surface area contributed by atoms with Crippen LogP contribution in [0.5, 0.6) is 17.2 Å².